The van der Waals surface area contributed by atoms with Crippen molar-refractivity contribution in [2.24, 2.45) is 5.92 Å². The van der Waals surface area contributed by atoms with Gasteiger partial charge in [0, 0.05) is 19.5 Å². The molecule has 2 rings (SSSR count). The van der Waals surface area contributed by atoms with Crippen LogP contribution in [0.15, 0.2) is 0 Å². The summed E-state index contributed by atoms with van der Waals surface area (Å²) in [5, 5.41) is 3.30. The molecule has 0 radical (unpaired) electrons. The van der Waals surface area contributed by atoms with Crippen LogP contribution in [0.25, 0.3) is 0 Å². The smallest absolute Gasteiger partial charge is 0.222 e. The lowest BCUT2D eigenvalue weighted by atomic mass is 9.95. The number of hydrogen-bond donors (Lipinski definition) is 1. The highest BCUT2D eigenvalue weighted by molar-refractivity contribution is 7.91. The van der Waals surface area contributed by atoms with Crippen LogP contribution in [0, 0.1) is 5.92 Å². The number of hydrogen-bond acceptors (Lipinski definition) is 4. The first kappa shape index (κ1) is 13.8. The van der Waals surface area contributed by atoms with Crippen molar-refractivity contribution in [1.29, 1.82) is 0 Å². The van der Waals surface area contributed by atoms with Gasteiger partial charge in [-0.2, -0.15) is 0 Å². The lowest BCUT2D eigenvalue weighted by Crippen LogP contribution is -2.38. The standard InChI is InChI=1S/C12H22N2O3S/c15-12(9-11-3-1-4-13-10-11)14-5-2-7-18(16,17)8-6-14/h11,13H,1-10H2. The minimum Gasteiger partial charge on any atom is -0.342 e. The fraction of sp³-hybridized carbons (Fsp3) is 0.917. The quantitative estimate of drug-likeness (QED) is 0.771. The predicted molar refractivity (Wildman–Crippen MR) is 70.1 cm³/mol. The Hall–Kier alpha value is -0.620. The summed E-state index contributed by atoms with van der Waals surface area (Å²) in [6, 6.07) is 0. The maximum absolute atomic E-state index is 12.1. The second-order valence-corrected chi connectivity index (χ2v) is 7.61. The molecule has 0 aromatic carbocycles. The van der Waals surface area contributed by atoms with Crippen LogP contribution >= 0.6 is 0 Å². The molecular formula is C12H22N2O3S. The van der Waals surface area contributed by atoms with Gasteiger partial charge in [0.1, 0.15) is 0 Å². The second kappa shape index (κ2) is 6.02. The number of piperidine rings is 1. The number of nitrogens with zero attached hydrogens (tertiary/aromatic N) is 1. The molecule has 2 saturated heterocycles. The van der Waals surface area contributed by atoms with Crippen LogP contribution in [0.1, 0.15) is 25.7 Å². The van der Waals surface area contributed by atoms with E-state index in [-0.39, 0.29) is 17.4 Å². The molecule has 6 heteroatoms. The van der Waals surface area contributed by atoms with Gasteiger partial charge in [0.05, 0.1) is 11.5 Å². The molecule has 2 aliphatic heterocycles. The Morgan fingerprint density at radius 2 is 2.06 bits per heavy atom. The SMILES string of the molecule is O=C(CC1CCCNC1)N1CCCS(=O)(=O)CC1. The van der Waals surface area contributed by atoms with E-state index in [1.165, 1.54) is 0 Å². The summed E-state index contributed by atoms with van der Waals surface area (Å²) in [4.78, 5) is 13.9. The van der Waals surface area contributed by atoms with Crippen molar-refractivity contribution in [1.82, 2.24) is 10.2 Å². The molecule has 1 N–H and O–H groups in total. The molecule has 0 aromatic rings. The van der Waals surface area contributed by atoms with Crippen molar-refractivity contribution < 1.29 is 13.2 Å². The molecule has 1 atom stereocenters. The number of amides is 1. The number of carbonyl (C=O) groups excluding carboxylic acids is 1. The largest absolute Gasteiger partial charge is 0.342 e. The van der Waals surface area contributed by atoms with Crippen molar-refractivity contribution in [2.75, 3.05) is 37.7 Å². The third-order valence-corrected chi connectivity index (χ3v) is 5.49. The highest BCUT2D eigenvalue weighted by Crippen LogP contribution is 2.16. The highest BCUT2D eigenvalue weighted by Gasteiger charge is 2.24. The molecular weight excluding hydrogens is 252 g/mol. The molecule has 0 aliphatic carbocycles. The van der Waals surface area contributed by atoms with Crippen LogP contribution in [-0.4, -0.2) is 56.9 Å². The van der Waals surface area contributed by atoms with Crippen LogP contribution in [0.5, 0.6) is 0 Å². The molecule has 0 aromatic heterocycles. The molecule has 2 fully saturated rings. The second-order valence-electron chi connectivity index (χ2n) is 5.30. The van der Waals surface area contributed by atoms with Crippen molar-refractivity contribution in [3.8, 4) is 0 Å². The van der Waals surface area contributed by atoms with Gasteiger partial charge in [0.25, 0.3) is 0 Å². The zero-order valence-electron chi connectivity index (χ0n) is 10.7. The number of carbonyl (C=O) groups is 1. The summed E-state index contributed by atoms with van der Waals surface area (Å²) in [6.45, 7) is 2.93. The maximum atomic E-state index is 12.1. The summed E-state index contributed by atoms with van der Waals surface area (Å²) in [5.41, 5.74) is 0. The van der Waals surface area contributed by atoms with Crippen LogP contribution < -0.4 is 5.32 Å². The van der Waals surface area contributed by atoms with Crippen LogP contribution in [0.3, 0.4) is 0 Å². The van der Waals surface area contributed by atoms with Gasteiger partial charge in [-0.25, -0.2) is 8.42 Å². The van der Waals surface area contributed by atoms with Gasteiger partial charge < -0.3 is 10.2 Å². The lowest BCUT2D eigenvalue weighted by molar-refractivity contribution is -0.132. The van der Waals surface area contributed by atoms with E-state index in [0.29, 0.717) is 31.8 Å². The molecule has 2 heterocycles. The third kappa shape index (κ3) is 3.95. The van der Waals surface area contributed by atoms with Crippen molar-refractivity contribution in [3.63, 3.8) is 0 Å². The Bertz CT molecular complexity index is 388. The first-order valence-corrected chi connectivity index (χ1v) is 8.58. The topological polar surface area (TPSA) is 66.5 Å². The first-order chi connectivity index (χ1) is 8.57. The first-order valence-electron chi connectivity index (χ1n) is 6.76. The third-order valence-electron chi connectivity index (χ3n) is 3.77. The van der Waals surface area contributed by atoms with Gasteiger partial charge in [-0.3, -0.25) is 4.79 Å². The Balaban J connectivity index is 1.84. The summed E-state index contributed by atoms with van der Waals surface area (Å²) in [6.07, 6.45) is 3.38. The van der Waals surface area contributed by atoms with E-state index in [0.717, 1.165) is 25.9 Å². The zero-order chi connectivity index (χ0) is 13.0. The number of nitrogens with one attached hydrogen (secondary N) is 1. The maximum Gasteiger partial charge on any atom is 0.222 e. The van der Waals surface area contributed by atoms with E-state index >= 15 is 0 Å². The molecule has 0 saturated carbocycles. The van der Waals surface area contributed by atoms with Gasteiger partial charge in [-0.05, 0) is 38.3 Å². The van der Waals surface area contributed by atoms with Gasteiger partial charge >= 0.3 is 0 Å². The fourth-order valence-electron chi connectivity index (χ4n) is 2.66. The lowest BCUT2D eigenvalue weighted by Gasteiger charge is -2.26. The molecule has 2 aliphatic rings. The van der Waals surface area contributed by atoms with E-state index in [1.807, 2.05) is 0 Å². The minimum absolute atomic E-state index is 0.126. The molecule has 0 bridgehead atoms. The van der Waals surface area contributed by atoms with E-state index in [9.17, 15) is 13.2 Å². The van der Waals surface area contributed by atoms with Crippen molar-refractivity contribution in [2.45, 2.75) is 25.7 Å². The summed E-state index contributed by atoms with van der Waals surface area (Å²) >= 11 is 0. The molecule has 18 heavy (non-hydrogen) atoms. The monoisotopic (exact) mass is 274 g/mol. The predicted octanol–water partition coefficient (Wildman–Crippen LogP) is 0.0232. The summed E-state index contributed by atoms with van der Waals surface area (Å²) in [5.74, 6) is 0.899. The van der Waals surface area contributed by atoms with Crippen LogP contribution in [-0.2, 0) is 14.6 Å². The average molecular weight is 274 g/mol. The van der Waals surface area contributed by atoms with Crippen LogP contribution in [0.4, 0.5) is 0 Å². The number of sulfone groups is 1. The zero-order valence-corrected chi connectivity index (χ0v) is 11.5. The van der Waals surface area contributed by atoms with E-state index in [2.05, 4.69) is 5.32 Å². The fourth-order valence-corrected chi connectivity index (χ4v) is 3.93. The normalized spacial score (nSPS) is 28.7. The Morgan fingerprint density at radius 3 is 2.78 bits per heavy atom. The average Bonchev–Trinajstić information content (AvgIpc) is 2.51. The van der Waals surface area contributed by atoms with Crippen LogP contribution in [0.2, 0.25) is 0 Å². The van der Waals surface area contributed by atoms with E-state index in [4.69, 9.17) is 0 Å². The van der Waals surface area contributed by atoms with Gasteiger partial charge in [-0.1, -0.05) is 0 Å². The van der Waals surface area contributed by atoms with Gasteiger partial charge in [-0.15, -0.1) is 0 Å². The number of rotatable bonds is 2. The minimum atomic E-state index is -2.92. The summed E-state index contributed by atoms with van der Waals surface area (Å²) < 4.78 is 23.0. The van der Waals surface area contributed by atoms with Crippen molar-refractivity contribution in [3.05, 3.63) is 0 Å². The highest BCUT2D eigenvalue weighted by atomic mass is 32.2. The van der Waals surface area contributed by atoms with Crippen molar-refractivity contribution >= 4 is 15.7 Å². The van der Waals surface area contributed by atoms with E-state index < -0.39 is 9.84 Å². The van der Waals surface area contributed by atoms with Gasteiger partial charge in [0.2, 0.25) is 5.91 Å². The molecule has 0 spiro atoms. The molecule has 1 amide bonds. The summed E-state index contributed by atoms with van der Waals surface area (Å²) in [7, 11) is -2.92. The molecule has 5 nitrogen and oxygen atoms in total. The van der Waals surface area contributed by atoms with E-state index in [1.54, 1.807) is 4.90 Å². The Labute approximate surface area is 109 Å². The Morgan fingerprint density at radius 1 is 1.22 bits per heavy atom. The van der Waals surface area contributed by atoms with Gasteiger partial charge in [0.15, 0.2) is 9.84 Å². The molecule has 104 valence electrons. The Kier molecular flexibility index (Phi) is 4.61. The molecule has 1 unspecified atom stereocenters.